The van der Waals surface area contributed by atoms with Crippen LogP contribution in [0.2, 0.25) is 0 Å². The summed E-state index contributed by atoms with van der Waals surface area (Å²) in [6.45, 7) is 2.24. The fourth-order valence-electron chi connectivity index (χ4n) is 2.48. The maximum Gasteiger partial charge on any atom is 0.281 e. The van der Waals surface area contributed by atoms with Gasteiger partial charge in [-0.3, -0.25) is 0 Å². The quantitative estimate of drug-likeness (QED) is 0.799. The molecule has 1 aliphatic heterocycles. The third-order valence-corrected chi connectivity index (χ3v) is 5.96. The molecule has 2 heterocycles. The van der Waals surface area contributed by atoms with Crippen molar-refractivity contribution in [1.82, 2.24) is 18.8 Å². The third kappa shape index (κ3) is 3.02. The normalized spacial score (nSPS) is 21.0. The Labute approximate surface area is 125 Å². The summed E-state index contributed by atoms with van der Waals surface area (Å²) < 4.78 is 26.9. The van der Waals surface area contributed by atoms with Crippen molar-refractivity contribution < 1.29 is 8.42 Å². The van der Waals surface area contributed by atoms with Crippen LogP contribution in [0.3, 0.4) is 0 Å². The molecule has 1 aromatic heterocycles. The van der Waals surface area contributed by atoms with Gasteiger partial charge in [-0.1, -0.05) is 0 Å². The Morgan fingerprint density at radius 1 is 1.10 bits per heavy atom. The Hall–Kier alpha value is -1.25. The van der Waals surface area contributed by atoms with Gasteiger partial charge in [0.15, 0.2) is 5.82 Å². The highest BCUT2D eigenvalue weighted by atomic mass is 32.2. The molecule has 0 N–H and O–H groups in total. The van der Waals surface area contributed by atoms with E-state index in [1.807, 2.05) is 12.1 Å². The van der Waals surface area contributed by atoms with Crippen molar-refractivity contribution in [3.05, 3.63) is 17.8 Å². The second-order valence-electron chi connectivity index (χ2n) is 5.77. The van der Waals surface area contributed by atoms with Crippen molar-refractivity contribution in [2.24, 2.45) is 0 Å². The minimum Gasteiger partial charge on any atom is -0.352 e. The van der Waals surface area contributed by atoms with E-state index in [9.17, 15) is 8.42 Å². The van der Waals surface area contributed by atoms with Crippen LogP contribution in [0.25, 0.3) is 0 Å². The molecule has 2 fully saturated rings. The molecule has 0 radical (unpaired) electrons. The lowest BCUT2D eigenvalue weighted by Crippen LogP contribution is -2.51. The molecular weight excluding hydrogens is 290 g/mol. The van der Waals surface area contributed by atoms with Crippen molar-refractivity contribution in [2.45, 2.75) is 18.8 Å². The minimum atomic E-state index is -3.31. The first-order chi connectivity index (χ1) is 9.98. The molecule has 8 heteroatoms. The second kappa shape index (κ2) is 5.51. The summed E-state index contributed by atoms with van der Waals surface area (Å²) in [6, 6.07) is 4.04. The van der Waals surface area contributed by atoms with Gasteiger partial charge < -0.3 is 4.90 Å². The zero-order chi connectivity index (χ0) is 15.0. The number of hydrogen-bond donors (Lipinski definition) is 0. The zero-order valence-corrected chi connectivity index (χ0v) is 13.3. The van der Waals surface area contributed by atoms with Gasteiger partial charge in [0.1, 0.15) is 0 Å². The molecule has 0 aromatic carbocycles. The Morgan fingerprint density at radius 3 is 2.24 bits per heavy atom. The topological polar surface area (TPSA) is 69.6 Å². The van der Waals surface area contributed by atoms with Crippen LogP contribution < -0.4 is 4.90 Å². The van der Waals surface area contributed by atoms with E-state index in [1.165, 1.54) is 21.5 Å². The lowest BCUT2D eigenvalue weighted by atomic mass is 10.2. The van der Waals surface area contributed by atoms with Crippen molar-refractivity contribution in [3.8, 4) is 0 Å². The standard InChI is InChI=1S/C13H21N5O2S/c1-16(2)21(19,20)18-9-7-17(8-10-18)13-6-5-12(14-15-13)11-3-4-11/h5-6,11H,3-4,7-10H2,1-2H3. The molecule has 0 amide bonds. The third-order valence-electron chi connectivity index (χ3n) is 4.02. The molecule has 2 aliphatic rings. The molecule has 0 bridgehead atoms. The molecular formula is C13H21N5O2S. The second-order valence-corrected chi connectivity index (χ2v) is 7.91. The van der Waals surface area contributed by atoms with Gasteiger partial charge in [-0.05, 0) is 25.0 Å². The lowest BCUT2D eigenvalue weighted by Gasteiger charge is -2.35. The molecule has 1 aliphatic carbocycles. The van der Waals surface area contributed by atoms with Crippen molar-refractivity contribution in [3.63, 3.8) is 0 Å². The number of anilines is 1. The van der Waals surface area contributed by atoms with Gasteiger partial charge in [0.25, 0.3) is 10.2 Å². The summed E-state index contributed by atoms with van der Waals surface area (Å²) >= 11 is 0. The predicted octanol–water partition coefficient (Wildman–Crippen LogP) is 0.282. The number of hydrogen-bond acceptors (Lipinski definition) is 5. The highest BCUT2D eigenvalue weighted by Gasteiger charge is 2.29. The van der Waals surface area contributed by atoms with Crippen LogP contribution in [0.4, 0.5) is 5.82 Å². The molecule has 1 aromatic rings. The van der Waals surface area contributed by atoms with E-state index in [1.54, 1.807) is 14.1 Å². The van der Waals surface area contributed by atoms with Gasteiger partial charge in [-0.25, -0.2) is 0 Å². The monoisotopic (exact) mass is 311 g/mol. The molecule has 3 rings (SSSR count). The van der Waals surface area contributed by atoms with E-state index in [0.717, 1.165) is 11.5 Å². The van der Waals surface area contributed by atoms with E-state index < -0.39 is 10.2 Å². The average molecular weight is 311 g/mol. The summed E-state index contributed by atoms with van der Waals surface area (Å²) in [4.78, 5) is 2.09. The van der Waals surface area contributed by atoms with Crippen LogP contribution in [0.15, 0.2) is 12.1 Å². The van der Waals surface area contributed by atoms with Crippen LogP contribution in [0.1, 0.15) is 24.5 Å². The summed E-state index contributed by atoms with van der Waals surface area (Å²) in [5.41, 5.74) is 1.08. The fraction of sp³-hybridized carbons (Fsp3) is 0.692. The van der Waals surface area contributed by atoms with E-state index >= 15 is 0 Å². The van der Waals surface area contributed by atoms with Gasteiger partial charge in [-0.2, -0.15) is 22.1 Å². The number of piperazine rings is 1. The Kier molecular flexibility index (Phi) is 3.85. The van der Waals surface area contributed by atoms with Crippen LogP contribution in [0, 0.1) is 0 Å². The van der Waals surface area contributed by atoms with E-state index in [0.29, 0.717) is 32.1 Å². The maximum atomic E-state index is 12.1. The zero-order valence-electron chi connectivity index (χ0n) is 12.4. The first-order valence-electron chi connectivity index (χ1n) is 7.24. The van der Waals surface area contributed by atoms with Crippen molar-refractivity contribution in [1.29, 1.82) is 0 Å². The van der Waals surface area contributed by atoms with E-state index in [4.69, 9.17) is 0 Å². The van der Waals surface area contributed by atoms with Gasteiger partial charge in [0.2, 0.25) is 0 Å². The average Bonchev–Trinajstić information content (AvgIpc) is 3.32. The predicted molar refractivity (Wildman–Crippen MR) is 80.4 cm³/mol. The Morgan fingerprint density at radius 2 is 1.76 bits per heavy atom. The SMILES string of the molecule is CN(C)S(=O)(=O)N1CCN(c2ccc(C3CC3)nn2)CC1. The molecule has 1 saturated heterocycles. The minimum absolute atomic E-state index is 0.479. The lowest BCUT2D eigenvalue weighted by molar-refractivity contribution is 0.354. The first kappa shape index (κ1) is 14.7. The van der Waals surface area contributed by atoms with Gasteiger partial charge in [0.05, 0.1) is 5.69 Å². The molecule has 0 atom stereocenters. The van der Waals surface area contributed by atoms with Gasteiger partial charge in [-0.15, -0.1) is 5.10 Å². The molecule has 0 unspecified atom stereocenters. The van der Waals surface area contributed by atoms with Crippen molar-refractivity contribution in [2.75, 3.05) is 45.2 Å². The van der Waals surface area contributed by atoms with Crippen LogP contribution >= 0.6 is 0 Å². The molecule has 7 nitrogen and oxygen atoms in total. The highest BCUT2D eigenvalue weighted by molar-refractivity contribution is 7.86. The highest BCUT2D eigenvalue weighted by Crippen LogP contribution is 2.38. The van der Waals surface area contributed by atoms with Crippen LogP contribution in [-0.4, -0.2) is 67.5 Å². The maximum absolute atomic E-state index is 12.1. The summed E-state index contributed by atoms with van der Waals surface area (Å²) in [5.74, 6) is 1.44. The molecule has 116 valence electrons. The molecule has 21 heavy (non-hydrogen) atoms. The van der Waals surface area contributed by atoms with E-state index in [2.05, 4.69) is 15.1 Å². The smallest absolute Gasteiger partial charge is 0.281 e. The van der Waals surface area contributed by atoms with Gasteiger partial charge in [0, 0.05) is 46.2 Å². The molecule has 0 spiro atoms. The first-order valence-corrected chi connectivity index (χ1v) is 8.64. The number of nitrogens with zero attached hydrogens (tertiary/aromatic N) is 5. The Bertz CT molecular complexity index is 589. The Balaban J connectivity index is 1.62. The molecule has 1 saturated carbocycles. The fourth-order valence-corrected chi connectivity index (χ4v) is 3.57. The van der Waals surface area contributed by atoms with Crippen LogP contribution in [-0.2, 0) is 10.2 Å². The van der Waals surface area contributed by atoms with Crippen LogP contribution in [0.5, 0.6) is 0 Å². The number of aromatic nitrogens is 2. The summed E-state index contributed by atoms with van der Waals surface area (Å²) in [7, 11) is -0.193. The summed E-state index contributed by atoms with van der Waals surface area (Å²) in [6.07, 6.45) is 2.43. The van der Waals surface area contributed by atoms with Crippen molar-refractivity contribution >= 4 is 16.0 Å². The summed E-state index contributed by atoms with van der Waals surface area (Å²) in [5, 5.41) is 8.56. The number of rotatable bonds is 4. The van der Waals surface area contributed by atoms with E-state index in [-0.39, 0.29) is 0 Å². The van der Waals surface area contributed by atoms with Gasteiger partial charge >= 0.3 is 0 Å². The largest absolute Gasteiger partial charge is 0.352 e.